The number of piperidine rings is 1. The van der Waals surface area contributed by atoms with E-state index in [9.17, 15) is 4.79 Å². The first-order chi connectivity index (χ1) is 8.55. The van der Waals surface area contributed by atoms with E-state index in [2.05, 4.69) is 39.6 Å². The van der Waals surface area contributed by atoms with E-state index in [1.54, 1.807) is 0 Å². The maximum Gasteiger partial charge on any atom is 0.229 e. The van der Waals surface area contributed by atoms with Crippen LogP contribution in [0.5, 0.6) is 0 Å². The lowest BCUT2D eigenvalue weighted by molar-refractivity contribution is -0.148. The van der Waals surface area contributed by atoms with Crippen molar-refractivity contribution in [3.63, 3.8) is 0 Å². The normalized spacial score (nSPS) is 35.5. The quantitative estimate of drug-likeness (QED) is 0.673. The zero-order valence-electron chi connectivity index (χ0n) is 13.5. The molecule has 2 rings (SSSR count). The lowest BCUT2D eigenvalue weighted by atomic mass is 9.62. The first-order valence-corrected chi connectivity index (χ1v) is 7.50. The molecule has 2 heterocycles. The van der Waals surface area contributed by atoms with Crippen molar-refractivity contribution in [3.8, 4) is 0 Å². The first-order valence-electron chi connectivity index (χ1n) is 7.50. The van der Waals surface area contributed by atoms with Crippen molar-refractivity contribution in [2.75, 3.05) is 33.7 Å². The van der Waals surface area contributed by atoms with Gasteiger partial charge in [-0.2, -0.15) is 0 Å². The second-order valence-electron chi connectivity index (χ2n) is 8.61. The highest BCUT2D eigenvalue weighted by Crippen LogP contribution is 2.49. The number of amides is 1. The van der Waals surface area contributed by atoms with E-state index >= 15 is 0 Å². The van der Waals surface area contributed by atoms with Gasteiger partial charge >= 0.3 is 0 Å². The molecule has 0 aromatic heterocycles. The summed E-state index contributed by atoms with van der Waals surface area (Å²) in [5.74, 6) is 0.373. The fourth-order valence-electron chi connectivity index (χ4n) is 4.65. The summed E-state index contributed by atoms with van der Waals surface area (Å²) in [6.45, 7) is 12.2. The molecule has 0 unspecified atom stereocenters. The van der Waals surface area contributed by atoms with Gasteiger partial charge in [-0.15, -0.1) is 0 Å². The molecule has 2 aliphatic rings. The van der Waals surface area contributed by atoms with Gasteiger partial charge in [0, 0.05) is 26.7 Å². The Hall–Kier alpha value is -0.570. The minimum atomic E-state index is -0.175. The maximum atomic E-state index is 12.9. The van der Waals surface area contributed by atoms with Gasteiger partial charge in [0.25, 0.3) is 0 Å². The zero-order chi connectivity index (χ0) is 14.5. The number of carbonyl (C=O) groups is 1. The standard InChI is InChI=1S/C16H30N2O/c1-14(2)7-8-18(6)13(19)16(9-14)10-15(3,4)11-17(5)12-16/h7-12H2,1-6H3/t16-/m1/s1. The number of rotatable bonds is 0. The smallest absolute Gasteiger partial charge is 0.229 e. The molecule has 19 heavy (non-hydrogen) atoms. The Balaban J connectivity index is 2.39. The molecule has 1 atom stereocenters. The number of nitrogens with zero attached hydrogens (tertiary/aromatic N) is 2. The Kier molecular flexibility index (Phi) is 3.49. The number of likely N-dealkylation sites (tertiary alicyclic amines) is 2. The topological polar surface area (TPSA) is 23.6 Å². The van der Waals surface area contributed by atoms with Crippen LogP contribution in [0, 0.1) is 16.2 Å². The molecule has 2 saturated heterocycles. The maximum absolute atomic E-state index is 12.9. The summed E-state index contributed by atoms with van der Waals surface area (Å²) in [5.41, 5.74) is 0.309. The van der Waals surface area contributed by atoms with Gasteiger partial charge in [0.1, 0.15) is 0 Å². The summed E-state index contributed by atoms with van der Waals surface area (Å²) in [6, 6.07) is 0. The van der Waals surface area contributed by atoms with Crippen molar-refractivity contribution >= 4 is 5.91 Å². The first kappa shape index (κ1) is 14.8. The molecule has 1 amide bonds. The Morgan fingerprint density at radius 3 is 2.11 bits per heavy atom. The predicted octanol–water partition coefficient (Wildman–Crippen LogP) is 2.61. The fraction of sp³-hybridized carbons (Fsp3) is 0.938. The molecule has 0 aliphatic carbocycles. The van der Waals surface area contributed by atoms with Crippen LogP contribution in [-0.2, 0) is 4.79 Å². The van der Waals surface area contributed by atoms with Crippen LogP contribution < -0.4 is 0 Å². The lowest BCUT2D eigenvalue weighted by Gasteiger charge is -2.50. The van der Waals surface area contributed by atoms with Crippen LogP contribution >= 0.6 is 0 Å². The van der Waals surface area contributed by atoms with Crippen molar-refractivity contribution in [2.45, 2.75) is 47.0 Å². The molecule has 0 saturated carbocycles. The summed E-state index contributed by atoms with van der Waals surface area (Å²) < 4.78 is 0. The zero-order valence-corrected chi connectivity index (χ0v) is 13.5. The molecule has 0 bridgehead atoms. The summed E-state index contributed by atoms with van der Waals surface area (Å²) >= 11 is 0. The number of hydrogen-bond acceptors (Lipinski definition) is 2. The molecule has 2 fully saturated rings. The van der Waals surface area contributed by atoms with Gasteiger partial charge in [0.15, 0.2) is 0 Å². The van der Waals surface area contributed by atoms with Crippen molar-refractivity contribution in [1.29, 1.82) is 0 Å². The van der Waals surface area contributed by atoms with Gasteiger partial charge in [0.05, 0.1) is 5.41 Å². The van der Waals surface area contributed by atoms with E-state index < -0.39 is 0 Å². The van der Waals surface area contributed by atoms with E-state index in [0.717, 1.165) is 38.9 Å². The molecule has 0 aromatic rings. The van der Waals surface area contributed by atoms with E-state index in [1.807, 2.05) is 11.9 Å². The molecular weight excluding hydrogens is 236 g/mol. The molecule has 1 spiro atoms. The van der Waals surface area contributed by atoms with E-state index in [0.29, 0.717) is 5.91 Å². The molecule has 2 aliphatic heterocycles. The van der Waals surface area contributed by atoms with Crippen LogP contribution in [0.4, 0.5) is 0 Å². The third kappa shape index (κ3) is 2.96. The highest BCUT2D eigenvalue weighted by Gasteiger charge is 2.52. The summed E-state index contributed by atoms with van der Waals surface area (Å²) in [6.07, 6.45) is 3.16. The monoisotopic (exact) mass is 266 g/mol. The van der Waals surface area contributed by atoms with Crippen LogP contribution in [0.1, 0.15) is 47.0 Å². The number of hydrogen-bond donors (Lipinski definition) is 0. The average Bonchev–Trinajstić information content (AvgIpc) is 2.26. The summed E-state index contributed by atoms with van der Waals surface area (Å²) in [5, 5.41) is 0. The third-order valence-corrected chi connectivity index (χ3v) is 4.83. The highest BCUT2D eigenvalue weighted by molar-refractivity contribution is 5.83. The molecular formula is C16H30N2O. The third-order valence-electron chi connectivity index (χ3n) is 4.83. The Labute approximate surface area is 118 Å². The van der Waals surface area contributed by atoms with Crippen LogP contribution in [-0.4, -0.2) is 49.4 Å². The van der Waals surface area contributed by atoms with Crippen LogP contribution in [0.25, 0.3) is 0 Å². The lowest BCUT2D eigenvalue weighted by Crippen LogP contribution is -2.56. The molecule has 110 valence electrons. The second kappa shape index (κ2) is 4.47. The van der Waals surface area contributed by atoms with Crippen LogP contribution in [0.2, 0.25) is 0 Å². The molecule has 3 heteroatoms. The average molecular weight is 266 g/mol. The van der Waals surface area contributed by atoms with Crippen LogP contribution in [0.3, 0.4) is 0 Å². The number of carbonyl (C=O) groups excluding carboxylic acids is 1. The minimum Gasteiger partial charge on any atom is -0.345 e. The van der Waals surface area contributed by atoms with Gasteiger partial charge in [-0.25, -0.2) is 0 Å². The Morgan fingerprint density at radius 1 is 0.947 bits per heavy atom. The van der Waals surface area contributed by atoms with Gasteiger partial charge in [-0.1, -0.05) is 27.7 Å². The Bertz CT molecular complexity index is 375. The summed E-state index contributed by atoms with van der Waals surface area (Å²) in [7, 11) is 4.14. The van der Waals surface area contributed by atoms with Gasteiger partial charge in [-0.3, -0.25) is 4.79 Å². The van der Waals surface area contributed by atoms with E-state index in [-0.39, 0.29) is 16.2 Å². The van der Waals surface area contributed by atoms with Crippen LogP contribution in [0.15, 0.2) is 0 Å². The predicted molar refractivity (Wildman–Crippen MR) is 79.0 cm³/mol. The fourth-order valence-corrected chi connectivity index (χ4v) is 4.65. The van der Waals surface area contributed by atoms with E-state index in [1.165, 1.54) is 0 Å². The van der Waals surface area contributed by atoms with Crippen molar-refractivity contribution in [1.82, 2.24) is 9.80 Å². The molecule has 0 radical (unpaired) electrons. The SMILES string of the molecule is CN1CC(C)(C)C[C@@]2(C1)CC(C)(C)CCN(C)C2=O. The van der Waals surface area contributed by atoms with Gasteiger partial charge < -0.3 is 9.80 Å². The largest absolute Gasteiger partial charge is 0.345 e. The minimum absolute atomic E-state index is 0.175. The van der Waals surface area contributed by atoms with Crippen molar-refractivity contribution in [3.05, 3.63) is 0 Å². The molecule has 0 N–H and O–H groups in total. The molecule has 3 nitrogen and oxygen atoms in total. The highest BCUT2D eigenvalue weighted by atomic mass is 16.2. The Morgan fingerprint density at radius 2 is 1.53 bits per heavy atom. The van der Waals surface area contributed by atoms with Crippen molar-refractivity contribution in [2.24, 2.45) is 16.2 Å². The van der Waals surface area contributed by atoms with Gasteiger partial charge in [-0.05, 0) is 37.1 Å². The van der Waals surface area contributed by atoms with Gasteiger partial charge in [0.2, 0.25) is 5.91 Å². The molecule has 0 aromatic carbocycles. The second-order valence-corrected chi connectivity index (χ2v) is 8.61. The van der Waals surface area contributed by atoms with Crippen molar-refractivity contribution < 1.29 is 4.79 Å². The van der Waals surface area contributed by atoms with E-state index in [4.69, 9.17) is 0 Å². The summed E-state index contributed by atoms with van der Waals surface area (Å²) in [4.78, 5) is 17.3.